The maximum absolute atomic E-state index is 12.9. The lowest BCUT2D eigenvalue weighted by Crippen LogP contribution is -2.18. The quantitative estimate of drug-likeness (QED) is 0.318. The Bertz CT molecular complexity index is 1040. The van der Waals surface area contributed by atoms with Crippen molar-refractivity contribution in [3.8, 4) is 0 Å². The number of alkyl halides is 3. The molecule has 0 aliphatic carbocycles. The number of pyridine rings is 1. The van der Waals surface area contributed by atoms with E-state index in [1.54, 1.807) is 0 Å². The molecule has 2 aromatic carbocycles. The summed E-state index contributed by atoms with van der Waals surface area (Å²) < 4.78 is 61.6. The number of carbonyl (C=O) groups is 1. The zero-order valence-electron chi connectivity index (χ0n) is 13.9. The van der Waals surface area contributed by atoms with Crippen LogP contribution in [0.1, 0.15) is 15.9 Å². The molecule has 5 N–H and O–H groups in total. The van der Waals surface area contributed by atoms with Crippen LogP contribution in [0.2, 0.25) is 0 Å². The Morgan fingerprint density at radius 1 is 1.07 bits per heavy atom. The van der Waals surface area contributed by atoms with Crippen LogP contribution in [-0.2, 0) is 6.18 Å². The van der Waals surface area contributed by atoms with E-state index in [1.165, 1.54) is 35.9 Å². The van der Waals surface area contributed by atoms with Crippen LogP contribution in [0.25, 0.3) is 10.9 Å². The lowest BCUT2D eigenvalue weighted by atomic mass is 10.1. The molecule has 0 spiro atoms. The van der Waals surface area contributed by atoms with E-state index in [9.17, 15) is 27.1 Å². The Labute approximate surface area is 158 Å². The summed E-state index contributed by atoms with van der Waals surface area (Å²) in [6, 6.07) is 9.53. The van der Waals surface area contributed by atoms with Crippen LogP contribution < -0.4 is 10.2 Å². The number of hydroxylamine groups is 1. The predicted molar refractivity (Wildman–Crippen MR) is 97.2 cm³/mol. The van der Waals surface area contributed by atoms with Gasteiger partial charge in [0.2, 0.25) is 0 Å². The van der Waals surface area contributed by atoms with Crippen LogP contribution >= 0.6 is 10.8 Å². The van der Waals surface area contributed by atoms with Crippen LogP contribution in [-0.4, -0.2) is 25.2 Å². The Kier molecular flexibility index (Phi) is 5.17. The fraction of sp³-hybridized carbons (Fsp3) is 0.0588. The largest absolute Gasteiger partial charge is 0.416 e. The van der Waals surface area contributed by atoms with Crippen molar-refractivity contribution in [1.29, 1.82) is 0 Å². The van der Waals surface area contributed by atoms with Gasteiger partial charge in [-0.2, -0.15) is 13.2 Å². The molecule has 1 aromatic heterocycles. The molecule has 0 saturated carbocycles. The number of amides is 1. The minimum Gasteiger partial charge on any atom is -0.288 e. The molecule has 3 rings (SSSR count). The molecule has 0 saturated heterocycles. The third-order valence-corrected chi connectivity index (χ3v) is 5.23. The van der Waals surface area contributed by atoms with Gasteiger partial charge >= 0.3 is 6.18 Å². The summed E-state index contributed by atoms with van der Waals surface area (Å²) in [5.74, 6) is -0.742. The molecule has 28 heavy (non-hydrogen) atoms. The van der Waals surface area contributed by atoms with Gasteiger partial charge in [-0.1, -0.05) is 16.8 Å². The number of hydrogen-bond donors (Lipinski definition) is 5. The molecule has 0 aliphatic rings. The van der Waals surface area contributed by atoms with Gasteiger partial charge in [0.25, 0.3) is 5.91 Å². The summed E-state index contributed by atoms with van der Waals surface area (Å²) in [5.41, 5.74) is 1.22. The van der Waals surface area contributed by atoms with E-state index < -0.39 is 28.4 Å². The zero-order valence-corrected chi connectivity index (χ0v) is 14.8. The summed E-state index contributed by atoms with van der Waals surface area (Å²) >= 11 is 0. The number of fused-ring (bicyclic) bond motifs is 1. The number of rotatable bonds is 4. The highest BCUT2D eigenvalue weighted by atomic mass is 32.3. The van der Waals surface area contributed by atoms with Gasteiger partial charge in [-0.25, -0.2) is 5.48 Å². The molecule has 0 unspecified atom stereocenters. The average Bonchev–Trinajstić information content (AvgIpc) is 2.66. The molecule has 0 fully saturated rings. The molecule has 0 aliphatic heterocycles. The number of nitrogens with zero attached hydrogens (tertiary/aromatic N) is 1. The van der Waals surface area contributed by atoms with Gasteiger partial charge in [-0.15, -0.1) is 0 Å². The van der Waals surface area contributed by atoms with Gasteiger partial charge in [-0.05, 0) is 42.5 Å². The highest BCUT2D eigenvalue weighted by molar-refractivity contribution is 8.25. The van der Waals surface area contributed by atoms with Crippen LogP contribution in [0.4, 0.5) is 18.9 Å². The lowest BCUT2D eigenvalue weighted by molar-refractivity contribution is -0.137. The van der Waals surface area contributed by atoms with E-state index in [-0.39, 0.29) is 16.1 Å². The highest BCUT2D eigenvalue weighted by Crippen LogP contribution is 2.49. The molecule has 1 heterocycles. The summed E-state index contributed by atoms with van der Waals surface area (Å²) in [6.07, 6.45) is -3.35. The van der Waals surface area contributed by atoms with Gasteiger partial charge in [-0.3, -0.25) is 28.8 Å². The van der Waals surface area contributed by atoms with Crippen LogP contribution in [0.5, 0.6) is 0 Å². The van der Waals surface area contributed by atoms with E-state index >= 15 is 0 Å². The molecular formula is C17H14F3N3O4S. The number of benzene rings is 2. The third kappa shape index (κ3) is 4.17. The Morgan fingerprint density at radius 2 is 1.82 bits per heavy atom. The highest BCUT2D eigenvalue weighted by Gasteiger charge is 2.31. The van der Waals surface area contributed by atoms with Gasteiger partial charge in [0, 0.05) is 10.9 Å². The maximum Gasteiger partial charge on any atom is 0.416 e. The molecule has 7 nitrogen and oxygen atoms in total. The molecule has 0 bridgehead atoms. The zero-order chi connectivity index (χ0) is 20.5. The second-order valence-electron chi connectivity index (χ2n) is 5.75. The van der Waals surface area contributed by atoms with E-state index in [4.69, 9.17) is 5.21 Å². The second-order valence-corrected chi connectivity index (χ2v) is 7.52. The molecule has 0 atom stereocenters. The second kappa shape index (κ2) is 7.28. The fourth-order valence-electron chi connectivity index (χ4n) is 2.47. The molecular weight excluding hydrogens is 399 g/mol. The lowest BCUT2D eigenvalue weighted by Gasteiger charge is -2.34. The van der Waals surface area contributed by atoms with E-state index in [0.29, 0.717) is 17.0 Å². The Balaban J connectivity index is 1.93. The number of aromatic nitrogens is 1. The van der Waals surface area contributed by atoms with Gasteiger partial charge < -0.3 is 0 Å². The molecule has 148 valence electrons. The van der Waals surface area contributed by atoms with Crippen molar-refractivity contribution in [2.75, 3.05) is 4.72 Å². The monoisotopic (exact) mass is 413 g/mol. The normalized spacial score (nSPS) is 12.6. The van der Waals surface area contributed by atoms with Crippen LogP contribution in [0.15, 0.2) is 59.6 Å². The Morgan fingerprint density at radius 3 is 2.50 bits per heavy atom. The summed E-state index contributed by atoms with van der Waals surface area (Å²) in [7, 11) is -3.81. The number of anilines is 1. The Hall–Kier alpha value is -2.86. The van der Waals surface area contributed by atoms with Crippen molar-refractivity contribution in [2.45, 2.75) is 11.1 Å². The SMILES string of the molecule is O=C(NO)c1ccc2ncc(NS(O)(O)c3cccc(C(F)(F)F)c3)cc2c1. The van der Waals surface area contributed by atoms with Crippen molar-refractivity contribution in [1.82, 2.24) is 10.5 Å². The smallest absolute Gasteiger partial charge is 0.288 e. The first-order valence-electron chi connectivity index (χ1n) is 7.68. The third-order valence-electron chi connectivity index (χ3n) is 3.80. The predicted octanol–water partition coefficient (Wildman–Crippen LogP) is 4.51. The summed E-state index contributed by atoms with van der Waals surface area (Å²) in [6.45, 7) is 0. The number of carbonyl (C=O) groups excluding carboxylic acids is 1. The van der Waals surface area contributed by atoms with Crippen LogP contribution in [0.3, 0.4) is 0 Å². The molecule has 0 radical (unpaired) electrons. The minimum absolute atomic E-state index is 0.117. The van der Waals surface area contributed by atoms with Crippen molar-refractivity contribution in [3.63, 3.8) is 0 Å². The molecule has 3 aromatic rings. The maximum atomic E-state index is 12.9. The van der Waals surface area contributed by atoms with E-state index in [0.717, 1.165) is 18.2 Å². The van der Waals surface area contributed by atoms with Gasteiger partial charge in [0.1, 0.15) is 0 Å². The first-order chi connectivity index (χ1) is 13.1. The topological polar surface area (TPSA) is 115 Å². The minimum atomic E-state index is -4.63. The first kappa shape index (κ1) is 19.9. The van der Waals surface area contributed by atoms with Crippen molar-refractivity contribution < 1.29 is 32.3 Å². The molecule has 11 heteroatoms. The van der Waals surface area contributed by atoms with Crippen molar-refractivity contribution in [3.05, 3.63) is 65.9 Å². The first-order valence-corrected chi connectivity index (χ1v) is 9.22. The summed E-state index contributed by atoms with van der Waals surface area (Å²) in [5, 5.41) is 9.14. The van der Waals surface area contributed by atoms with E-state index in [2.05, 4.69) is 9.71 Å². The number of halogens is 3. The van der Waals surface area contributed by atoms with E-state index in [1.807, 2.05) is 0 Å². The van der Waals surface area contributed by atoms with Crippen molar-refractivity contribution in [2.24, 2.45) is 0 Å². The van der Waals surface area contributed by atoms with Crippen molar-refractivity contribution >= 4 is 33.3 Å². The van der Waals surface area contributed by atoms with Gasteiger partial charge in [0.05, 0.1) is 27.9 Å². The fourth-order valence-corrected chi connectivity index (χ4v) is 3.58. The molecule has 1 amide bonds. The standard InChI is InChI=1S/C17H14F3N3O4S/c18-17(19,20)12-2-1-3-14(8-12)28(26,27)23-13-7-11-6-10(16(24)22-25)4-5-15(11)21-9-13/h1-9,23,25-27H,(H,22,24). The number of nitrogens with one attached hydrogen (secondary N) is 2. The van der Waals surface area contributed by atoms with Gasteiger partial charge in [0.15, 0.2) is 0 Å². The average molecular weight is 413 g/mol. The summed E-state index contributed by atoms with van der Waals surface area (Å²) in [4.78, 5) is 15.3. The number of hydrogen-bond acceptors (Lipinski definition) is 6. The van der Waals surface area contributed by atoms with Crippen LogP contribution in [0, 0.1) is 0 Å².